The van der Waals surface area contributed by atoms with E-state index in [9.17, 15) is 19.6 Å². The number of carbonyl (C=O) groups is 3. The first-order valence-corrected chi connectivity index (χ1v) is 10.2. The number of carbonyl (C=O) groups excluding carboxylic acids is 3. The van der Waals surface area contributed by atoms with Crippen molar-refractivity contribution in [3.8, 4) is 16.5 Å². The van der Waals surface area contributed by atoms with E-state index in [4.69, 9.17) is 0 Å². The average molecular weight is 466 g/mol. The van der Waals surface area contributed by atoms with E-state index in [0.29, 0.717) is 5.01 Å². The standard InChI is InChI=1S/C21H12BrN3O3S/c22-13-7-5-12(6-8-13)18-10-24-19(29-18)16(9-23)17(26)11-25-20(27)14-3-1-2-4-15(14)21(25)28/h1-8,10,16H,11H2. The summed E-state index contributed by atoms with van der Waals surface area (Å²) in [5.41, 5.74) is 1.46. The van der Waals surface area contributed by atoms with Gasteiger partial charge in [-0.15, -0.1) is 11.3 Å². The second-order valence-electron chi connectivity index (χ2n) is 6.34. The van der Waals surface area contributed by atoms with Crippen LogP contribution in [0.15, 0.2) is 59.2 Å². The fourth-order valence-electron chi connectivity index (χ4n) is 3.06. The molecule has 0 fully saturated rings. The molecule has 0 saturated carbocycles. The molecule has 0 aliphatic carbocycles. The van der Waals surface area contributed by atoms with Gasteiger partial charge in [0.25, 0.3) is 11.8 Å². The molecule has 1 aromatic heterocycles. The summed E-state index contributed by atoms with van der Waals surface area (Å²) in [4.78, 5) is 43.6. The first kappa shape index (κ1) is 19.2. The first-order valence-electron chi connectivity index (χ1n) is 8.59. The highest BCUT2D eigenvalue weighted by molar-refractivity contribution is 9.10. The van der Waals surface area contributed by atoms with Crippen molar-refractivity contribution < 1.29 is 14.4 Å². The van der Waals surface area contributed by atoms with Gasteiger partial charge in [0.1, 0.15) is 5.01 Å². The van der Waals surface area contributed by atoms with Gasteiger partial charge in [0, 0.05) is 10.7 Å². The lowest BCUT2D eigenvalue weighted by Gasteiger charge is -2.14. The molecule has 6 nitrogen and oxygen atoms in total. The quantitative estimate of drug-likeness (QED) is 0.530. The lowest BCUT2D eigenvalue weighted by molar-refractivity contribution is -0.119. The molecule has 1 unspecified atom stereocenters. The maximum absolute atomic E-state index is 12.8. The van der Waals surface area contributed by atoms with Crippen LogP contribution < -0.4 is 0 Å². The number of imide groups is 1. The van der Waals surface area contributed by atoms with Crippen molar-refractivity contribution in [1.29, 1.82) is 5.26 Å². The Kier molecular flexibility index (Phi) is 5.09. The van der Waals surface area contributed by atoms with Gasteiger partial charge in [-0.25, -0.2) is 4.98 Å². The van der Waals surface area contributed by atoms with Gasteiger partial charge in [0.2, 0.25) is 0 Å². The molecule has 0 bridgehead atoms. The van der Waals surface area contributed by atoms with Gasteiger partial charge in [-0.3, -0.25) is 19.3 Å². The molecule has 2 aromatic carbocycles. The SMILES string of the molecule is N#CC(C(=O)CN1C(=O)c2ccccc2C1=O)c1ncc(-c2ccc(Br)cc2)s1. The minimum atomic E-state index is -1.14. The molecule has 3 aromatic rings. The Morgan fingerprint density at radius 1 is 1.10 bits per heavy atom. The number of halogens is 1. The third-order valence-electron chi connectivity index (χ3n) is 4.54. The van der Waals surface area contributed by atoms with Crippen LogP contribution in [0.5, 0.6) is 0 Å². The number of benzene rings is 2. The summed E-state index contributed by atoms with van der Waals surface area (Å²) < 4.78 is 0.942. The smallest absolute Gasteiger partial charge is 0.261 e. The minimum Gasteiger partial charge on any atom is -0.296 e. The predicted molar refractivity (Wildman–Crippen MR) is 110 cm³/mol. The third kappa shape index (κ3) is 3.50. The number of aromatic nitrogens is 1. The molecular formula is C21H12BrN3O3S. The van der Waals surface area contributed by atoms with Gasteiger partial charge in [-0.2, -0.15) is 5.26 Å². The highest BCUT2D eigenvalue weighted by Gasteiger charge is 2.38. The summed E-state index contributed by atoms with van der Waals surface area (Å²) in [5, 5.41) is 9.89. The van der Waals surface area contributed by atoms with Crippen LogP contribution in [0.3, 0.4) is 0 Å². The number of fused-ring (bicyclic) bond motifs is 1. The molecule has 4 rings (SSSR count). The minimum absolute atomic E-state index is 0.269. The molecule has 0 radical (unpaired) electrons. The number of thiazole rings is 1. The van der Waals surface area contributed by atoms with E-state index >= 15 is 0 Å². The second kappa shape index (κ2) is 7.70. The second-order valence-corrected chi connectivity index (χ2v) is 8.32. The Labute approximate surface area is 178 Å². The monoisotopic (exact) mass is 465 g/mol. The predicted octanol–water partition coefficient (Wildman–Crippen LogP) is 4.05. The van der Waals surface area contributed by atoms with E-state index in [1.807, 2.05) is 30.3 Å². The zero-order valence-corrected chi connectivity index (χ0v) is 17.2. The van der Waals surface area contributed by atoms with Crippen molar-refractivity contribution in [2.75, 3.05) is 6.54 Å². The number of rotatable bonds is 5. The molecule has 8 heteroatoms. The summed E-state index contributed by atoms with van der Waals surface area (Å²) in [6.07, 6.45) is 1.61. The molecule has 29 heavy (non-hydrogen) atoms. The molecular weight excluding hydrogens is 454 g/mol. The van der Waals surface area contributed by atoms with E-state index in [1.54, 1.807) is 30.5 Å². The van der Waals surface area contributed by atoms with Gasteiger partial charge in [0.15, 0.2) is 11.7 Å². The normalized spacial score (nSPS) is 13.9. The Morgan fingerprint density at radius 3 is 2.31 bits per heavy atom. The molecule has 0 saturated heterocycles. The van der Waals surface area contributed by atoms with Crippen LogP contribution in [0.2, 0.25) is 0 Å². The first-order chi connectivity index (χ1) is 14.0. The average Bonchev–Trinajstić information content (AvgIpc) is 3.29. The fraction of sp³-hybridized carbons (Fsp3) is 0.0952. The summed E-state index contributed by atoms with van der Waals surface area (Å²) >= 11 is 4.62. The molecule has 2 heterocycles. The lowest BCUT2D eigenvalue weighted by atomic mass is 10.1. The van der Waals surface area contributed by atoms with Gasteiger partial charge in [0.05, 0.1) is 28.6 Å². The molecule has 1 aliphatic rings. The van der Waals surface area contributed by atoms with Gasteiger partial charge in [-0.05, 0) is 29.8 Å². The van der Waals surface area contributed by atoms with Crippen molar-refractivity contribution in [3.05, 3.63) is 75.3 Å². The maximum Gasteiger partial charge on any atom is 0.261 e. The zero-order valence-electron chi connectivity index (χ0n) is 14.8. The Bertz CT molecular complexity index is 1150. The number of ketones is 1. The van der Waals surface area contributed by atoms with Crippen molar-refractivity contribution >= 4 is 44.9 Å². The number of nitriles is 1. The molecule has 2 amide bonds. The largest absolute Gasteiger partial charge is 0.296 e. The summed E-state index contributed by atoms with van der Waals surface area (Å²) in [6, 6.07) is 16.0. The molecule has 1 atom stereocenters. The molecule has 142 valence electrons. The van der Waals surface area contributed by atoms with Crippen molar-refractivity contribution in [2.45, 2.75) is 5.92 Å². The van der Waals surface area contributed by atoms with Crippen LogP contribution in [-0.2, 0) is 4.79 Å². The zero-order chi connectivity index (χ0) is 20.5. The Morgan fingerprint density at radius 2 is 1.72 bits per heavy atom. The third-order valence-corrected chi connectivity index (χ3v) is 6.18. The van der Waals surface area contributed by atoms with Crippen molar-refractivity contribution in [3.63, 3.8) is 0 Å². The van der Waals surface area contributed by atoms with Crippen molar-refractivity contribution in [1.82, 2.24) is 9.88 Å². The Balaban J connectivity index is 1.54. The summed E-state index contributed by atoms with van der Waals surface area (Å²) in [7, 11) is 0. The number of Topliss-reactive ketones (excluding diaryl/α,β-unsaturated/α-hetero) is 1. The number of hydrogen-bond donors (Lipinski definition) is 0. The van der Waals surface area contributed by atoms with E-state index in [-0.39, 0.29) is 11.1 Å². The number of nitrogens with zero attached hydrogens (tertiary/aromatic N) is 3. The highest BCUT2D eigenvalue weighted by Crippen LogP contribution is 2.31. The molecule has 0 N–H and O–H groups in total. The summed E-state index contributed by atoms with van der Waals surface area (Å²) in [5.74, 6) is -2.73. The van der Waals surface area contributed by atoms with Crippen molar-refractivity contribution in [2.24, 2.45) is 0 Å². The van der Waals surface area contributed by atoms with E-state index < -0.39 is 30.1 Å². The highest BCUT2D eigenvalue weighted by atomic mass is 79.9. The van der Waals surface area contributed by atoms with E-state index in [0.717, 1.165) is 19.8 Å². The van der Waals surface area contributed by atoms with Crippen LogP contribution in [0.1, 0.15) is 31.6 Å². The molecule has 0 spiro atoms. The fourth-order valence-corrected chi connectivity index (χ4v) is 4.32. The topological polar surface area (TPSA) is 91.1 Å². The number of amides is 2. The van der Waals surface area contributed by atoms with Crippen LogP contribution in [-0.4, -0.2) is 34.0 Å². The summed E-state index contributed by atoms with van der Waals surface area (Å²) in [6.45, 7) is -0.461. The van der Waals surface area contributed by atoms with E-state index in [1.165, 1.54) is 11.3 Å². The van der Waals surface area contributed by atoms with E-state index in [2.05, 4.69) is 20.9 Å². The Hall–Kier alpha value is -3.15. The van der Waals surface area contributed by atoms with Gasteiger partial charge < -0.3 is 0 Å². The maximum atomic E-state index is 12.8. The van der Waals surface area contributed by atoms with Crippen LogP contribution >= 0.6 is 27.3 Å². The van der Waals surface area contributed by atoms with Crippen LogP contribution in [0.25, 0.3) is 10.4 Å². The lowest BCUT2D eigenvalue weighted by Crippen LogP contribution is -2.36. The van der Waals surface area contributed by atoms with Crippen LogP contribution in [0, 0.1) is 11.3 Å². The van der Waals surface area contributed by atoms with Crippen LogP contribution in [0.4, 0.5) is 0 Å². The van der Waals surface area contributed by atoms with Gasteiger partial charge in [-0.1, -0.05) is 40.2 Å². The molecule has 1 aliphatic heterocycles. The number of hydrogen-bond acceptors (Lipinski definition) is 6. The van der Waals surface area contributed by atoms with Gasteiger partial charge >= 0.3 is 0 Å².